The predicted octanol–water partition coefficient (Wildman–Crippen LogP) is 4.98. The first-order valence-electron chi connectivity index (χ1n) is 7.90. The summed E-state index contributed by atoms with van der Waals surface area (Å²) < 4.78 is 27.2. The first kappa shape index (κ1) is 15.4. The zero-order valence-electron chi connectivity index (χ0n) is 12.3. The first-order chi connectivity index (χ1) is 9.72. The summed E-state index contributed by atoms with van der Waals surface area (Å²) in [6.07, 6.45) is 8.30. The van der Waals surface area contributed by atoms with Crippen LogP contribution in [0.25, 0.3) is 0 Å². The molecule has 20 heavy (non-hydrogen) atoms. The van der Waals surface area contributed by atoms with Crippen molar-refractivity contribution in [2.75, 3.05) is 6.54 Å². The molecule has 0 saturated heterocycles. The molecule has 1 aromatic rings. The van der Waals surface area contributed by atoms with E-state index < -0.39 is 11.6 Å². The lowest BCUT2D eigenvalue weighted by molar-refractivity contribution is 0.317. The van der Waals surface area contributed by atoms with E-state index in [1.807, 2.05) is 0 Å². The van der Waals surface area contributed by atoms with Crippen LogP contribution >= 0.6 is 0 Å². The fourth-order valence-corrected chi connectivity index (χ4v) is 3.23. The summed E-state index contributed by atoms with van der Waals surface area (Å²) in [4.78, 5) is 0. The summed E-state index contributed by atoms with van der Waals surface area (Å²) in [7, 11) is 0. The SMILES string of the molecule is CCCNC(c1ccc(F)cc1F)C1CCCCCC1. The molecular weight excluding hydrogens is 256 g/mol. The van der Waals surface area contributed by atoms with E-state index in [2.05, 4.69) is 12.2 Å². The molecule has 1 aliphatic carbocycles. The van der Waals surface area contributed by atoms with E-state index in [1.54, 1.807) is 6.07 Å². The van der Waals surface area contributed by atoms with Crippen LogP contribution in [0.2, 0.25) is 0 Å². The molecule has 112 valence electrons. The summed E-state index contributed by atoms with van der Waals surface area (Å²) in [5, 5.41) is 3.48. The van der Waals surface area contributed by atoms with E-state index in [9.17, 15) is 8.78 Å². The highest BCUT2D eigenvalue weighted by Gasteiger charge is 2.26. The van der Waals surface area contributed by atoms with Gasteiger partial charge in [0.2, 0.25) is 0 Å². The molecule has 1 aliphatic rings. The molecule has 1 unspecified atom stereocenters. The van der Waals surface area contributed by atoms with Gasteiger partial charge in [-0.15, -0.1) is 0 Å². The van der Waals surface area contributed by atoms with Gasteiger partial charge in [-0.25, -0.2) is 8.78 Å². The van der Waals surface area contributed by atoms with E-state index in [-0.39, 0.29) is 6.04 Å². The Morgan fingerprint density at radius 3 is 2.45 bits per heavy atom. The highest BCUT2D eigenvalue weighted by molar-refractivity contribution is 5.23. The van der Waals surface area contributed by atoms with Crippen molar-refractivity contribution in [1.82, 2.24) is 5.32 Å². The molecule has 1 fully saturated rings. The van der Waals surface area contributed by atoms with Crippen molar-refractivity contribution in [3.63, 3.8) is 0 Å². The van der Waals surface area contributed by atoms with Crippen LogP contribution in [-0.2, 0) is 0 Å². The zero-order chi connectivity index (χ0) is 14.4. The largest absolute Gasteiger partial charge is 0.310 e. The third kappa shape index (κ3) is 4.02. The molecule has 0 spiro atoms. The molecule has 1 N–H and O–H groups in total. The summed E-state index contributed by atoms with van der Waals surface area (Å²) in [5.41, 5.74) is 0.631. The first-order valence-corrected chi connectivity index (χ1v) is 7.90. The Bertz CT molecular complexity index is 411. The average molecular weight is 281 g/mol. The lowest BCUT2D eigenvalue weighted by Gasteiger charge is -2.28. The number of nitrogens with one attached hydrogen (secondary N) is 1. The van der Waals surface area contributed by atoms with Gasteiger partial charge in [0.05, 0.1) is 0 Å². The Balaban J connectivity index is 2.20. The molecule has 1 atom stereocenters. The van der Waals surface area contributed by atoms with Crippen molar-refractivity contribution in [3.05, 3.63) is 35.4 Å². The lowest BCUT2D eigenvalue weighted by atomic mass is 9.86. The minimum absolute atomic E-state index is 0.0219. The molecule has 1 aromatic carbocycles. The van der Waals surface area contributed by atoms with Crippen LogP contribution in [-0.4, -0.2) is 6.54 Å². The molecule has 2 rings (SSSR count). The summed E-state index contributed by atoms with van der Waals surface area (Å²) in [6.45, 7) is 2.98. The van der Waals surface area contributed by atoms with Crippen molar-refractivity contribution in [1.29, 1.82) is 0 Å². The van der Waals surface area contributed by atoms with Crippen molar-refractivity contribution >= 4 is 0 Å². The van der Waals surface area contributed by atoms with E-state index in [0.717, 1.165) is 31.9 Å². The van der Waals surface area contributed by atoms with Gasteiger partial charge >= 0.3 is 0 Å². The maximum Gasteiger partial charge on any atom is 0.130 e. The highest BCUT2D eigenvalue weighted by Crippen LogP contribution is 2.34. The van der Waals surface area contributed by atoms with Gasteiger partial charge < -0.3 is 5.32 Å². The van der Waals surface area contributed by atoms with Gasteiger partial charge in [-0.2, -0.15) is 0 Å². The third-order valence-electron chi connectivity index (χ3n) is 4.28. The van der Waals surface area contributed by atoms with Crippen LogP contribution in [0.5, 0.6) is 0 Å². The summed E-state index contributed by atoms with van der Waals surface area (Å²) >= 11 is 0. The molecule has 0 aliphatic heterocycles. The normalized spacial score (nSPS) is 18.8. The number of hydrogen-bond donors (Lipinski definition) is 1. The third-order valence-corrected chi connectivity index (χ3v) is 4.28. The zero-order valence-corrected chi connectivity index (χ0v) is 12.3. The number of benzene rings is 1. The Hall–Kier alpha value is -0.960. The topological polar surface area (TPSA) is 12.0 Å². The summed E-state index contributed by atoms with van der Waals surface area (Å²) in [6, 6.07) is 4.01. The van der Waals surface area contributed by atoms with Gasteiger partial charge in [-0.05, 0) is 37.8 Å². The fraction of sp³-hybridized carbons (Fsp3) is 0.647. The monoisotopic (exact) mass is 281 g/mol. The Morgan fingerprint density at radius 2 is 1.85 bits per heavy atom. The Kier molecular flexibility index (Phi) is 5.96. The fourth-order valence-electron chi connectivity index (χ4n) is 3.23. The van der Waals surface area contributed by atoms with Crippen LogP contribution < -0.4 is 5.32 Å². The number of rotatable bonds is 5. The van der Waals surface area contributed by atoms with E-state index >= 15 is 0 Å². The van der Waals surface area contributed by atoms with Gasteiger partial charge in [-0.3, -0.25) is 0 Å². The van der Waals surface area contributed by atoms with Gasteiger partial charge in [0.15, 0.2) is 0 Å². The molecule has 0 bridgehead atoms. The molecule has 3 heteroatoms. The van der Waals surface area contributed by atoms with Crippen LogP contribution in [0, 0.1) is 17.6 Å². The van der Waals surface area contributed by atoms with Crippen LogP contribution in [0.15, 0.2) is 18.2 Å². The van der Waals surface area contributed by atoms with Crippen molar-refractivity contribution in [3.8, 4) is 0 Å². The minimum Gasteiger partial charge on any atom is -0.310 e. The van der Waals surface area contributed by atoms with Crippen LogP contribution in [0.3, 0.4) is 0 Å². The van der Waals surface area contributed by atoms with Gasteiger partial charge in [0, 0.05) is 17.7 Å². The molecule has 0 amide bonds. The summed E-state index contributed by atoms with van der Waals surface area (Å²) in [5.74, 6) is -0.451. The second kappa shape index (κ2) is 7.72. The van der Waals surface area contributed by atoms with Gasteiger partial charge in [0.1, 0.15) is 11.6 Å². The molecule has 0 aromatic heterocycles. The van der Waals surface area contributed by atoms with E-state index in [0.29, 0.717) is 11.5 Å². The minimum atomic E-state index is -0.499. The molecule has 1 saturated carbocycles. The Morgan fingerprint density at radius 1 is 1.15 bits per heavy atom. The maximum atomic E-state index is 14.1. The average Bonchev–Trinajstić information content (AvgIpc) is 2.70. The quantitative estimate of drug-likeness (QED) is 0.751. The van der Waals surface area contributed by atoms with Crippen LogP contribution in [0.4, 0.5) is 8.78 Å². The molecule has 0 heterocycles. The number of halogens is 2. The van der Waals surface area contributed by atoms with E-state index in [1.165, 1.54) is 31.7 Å². The lowest BCUT2D eigenvalue weighted by Crippen LogP contribution is -2.29. The van der Waals surface area contributed by atoms with Crippen LogP contribution in [0.1, 0.15) is 63.5 Å². The molecular formula is C17H25F2N. The molecule has 0 radical (unpaired) electrons. The smallest absolute Gasteiger partial charge is 0.130 e. The van der Waals surface area contributed by atoms with Crippen molar-refractivity contribution in [2.24, 2.45) is 5.92 Å². The Labute approximate surface area is 120 Å². The standard InChI is InChI=1S/C17H25F2N/c1-2-11-20-17(13-7-5-3-4-6-8-13)15-10-9-14(18)12-16(15)19/h9-10,12-13,17,20H,2-8,11H2,1H3. The van der Waals surface area contributed by atoms with Crippen molar-refractivity contribution in [2.45, 2.75) is 57.9 Å². The van der Waals surface area contributed by atoms with Crippen molar-refractivity contribution < 1.29 is 8.78 Å². The second-order valence-corrected chi connectivity index (χ2v) is 5.85. The second-order valence-electron chi connectivity index (χ2n) is 5.85. The highest BCUT2D eigenvalue weighted by atomic mass is 19.1. The van der Waals surface area contributed by atoms with E-state index in [4.69, 9.17) is 0 Å². The van der Waals surface area contributed by atoms with Gasteiger partial charge in [-0.1, -0.05) is 38.7 Å². The predicted molar refractivity (Wildman–Crippen MR) is 78.6 cm³/mol. The maximum absolute atomic E-state index is 14.1. The number of hydrogen-bond acceptors (Lipinski definition) is 1. The van der Waals surface area contributed by atoms with Gasteiger partial charge in [0.25, 0.3) is 0 Å². The molecule has 1 nitrogen and oxygen atoms in total.